The summed E-state index contributed by atoms with van der Waals surface area (Å²) < 4.78 is 6.84. The first-order valence-electron chi connectivity index (χ1n) is 11.6. The van der Waals surface area contributed by atoms with Crippen molar-refractivity contribution in [2.75, 3.05) is 27.7 Å². The fraction of sp³-hybridized carbons (Fsp3) is 0.276. The molecule has 1 aromatic heterocycles. The van der Waals surface area contributed by atoms with E-state index in [0.29, 0.717) is 5.88 Å². The summed E-state index contributed by atoms with van der Waals surface area (Å²) >= 11 is 3.60. The van der Waals surface area contributed by atoms with Crippen molar-refractivity contribution in [1.82, 2.24) is 9.88 Å². The summed E-state index contributed by atoms with van der Waals surface area (Å²) in [5.74, 6) is 0.200. The molecule has 34 heavy (non-hydrogen) atoms. The summed E-state index contributed by atoms with van der Waals surface area (Å²) in [6, 6.07) is 26.8. The van der Waals surface area contributed by atoms with Gasteiger partial charge >= 0.3 is 0 Å². The monoisotopic (exact) mass is 516 g/mol. The van der Waals surface area contributed by atoms with Gasteiger partial charge in [0.1, 0.15) is 5.60 Å². The molecule has 0 saturated heterocycles. The minimum atomic E-state index is -1.13. The van der Waals surface area contributed by atoms with E-state index in [1.54, 1.807) is 7.11 Å². The number of aliphatic hydroxyl groups is 1. The molecule has 0 aliphatic heterocycles. The van der Waals surface area contributed by atoms with E-state index in [0.717, 1.165) is 45.0 Å². The molecule has 3 atom stereocenters. The molecule has 1 aliphatic carbocycles. The lowest BCUT2D eigenvalue weighted by Gasteiger charge is -2.40. The number of rotatable bonds is 6. The molecule has 0 saturated carbocycles. The van der Waals surface area contributed by atoms with Gasteiger partial charge in [0, 0.05) is 33.8 Å². The molecule has 0 spiro atoms. The van der Waals surface area contributed by atoms with Crippen LogP contribution in [0.1, 0.15) is 28.2 Å². The van der Waals surface area contributed by atoms with Crippen LogP contribution in [0.2, 0.25) is 0 Å². The lowest BCUT2D eigenvalue weighted by molar-refractivity contribution is -0.0355. The highest BCUT2D eigenvalue weighted by Crippen LogP contribution is 2.54. The number of aromatic nitrogens is 1. The number of hydrogen-bond donors (Lipinski definition) is 1. The van der Waals surface area contributed by atoms with Gasteiger partial charge in [0.2, 0.25) is 5.88 Å². The van der Waals surface area contributed by atoms with Crippen molar-refractivity contribution in [2.45, 2.75) is 17.9 Å². The molecular weight excluding hydrogens is 488 g/mol. The Bertz CT molecular complexity index is 1320. The van der Waals surface area contributed by atoms with Gasteiger partial charge in [-0.1, -0.05) is 70.5 Å². The topological polar surface area (TPSA) is 45.6 Å². The summed E-state index contributed by atoms with van der Waals surface area (Å²) in [4.78, 5) is 7.02. The van der Waals surface area contributed by atoms with E-state index in [1.165, 1.54) is 5.56 Å². The number of ether oxygens (including phenoxy) is 1. The van der Waals surface area contributed by atoms with Crippen LogP contribution in [0, 0.1) is 5.92 Å². The van der Waals surface area contributed by atoms with Crippen LogP contribution >= 0.6 is 15.9 Å². The number of hydrogen-bond acceptors (Lipinski definition) is 4. The van der Waals surface area contributed by atoms with E-state index in [-0.39, 0.29) is 11.8 Å². The van der Waals surface area contributed by atoms with Crippen LogP contribution in [0.15, 0.2) is 83.3 Å². The highest BCUT2D eigenvalue weighted by molar-refractivity contribution is 9.10. The summed E-state index contributed by atoms with van der Waals surface area (Å²) in [6.07, 6.45) is 0.822. The summed E-state index contributed by atoms with van der Waals surface area (Å²) in [7, 11) is 5.79. The van der Waals surface area contributed by atoms with Crippen LogP contribution in [0.25, 0.3) is 10.9 Å². The Morgan fingerprint density at radius 2 is 1.79 bits per heavy atom. The van der Waals surface area contributed by atoms with Gasteiger partial charge < -0.3 is 14.7 Å². The van der Waals surface area contributed by atoms with Crippen LogP contribution in [-0.4, -0.2) is 42.7 Å². The number of benzene rings is 3. The number of nitrogens with zero attached hydrogens (tertiary/aromatic N) is 2. The first-order chi connectivity index (χ1) is 16.4. The maximum absolute atomic E-state index is 12.8. The van der Waals surface area contributed by atoms with Crippen molar-refractivity contribution >= 4 is 26.8 Å². The Kier molecular flexibility index (Phi) is 6.19. The molecular formula is C29H29BrN2O2. The van der Waals surface area contributed by atoms with Crippen molar-refractivity contribution in [1.29, 1.82) is 0 Å². The van der Waals surface area contributed by atoms with Gasteiger partial charge in [0.15, 0.2) is 0 Å². The largest absolute Gasteiger partial charge is 0.481 e. The molecule has 0 unspecified atom stereocenters. The van der Waals surface area contributed by atoms with Crippen molar-refractivity contribution in [3.05, 3.63) is 106 Å². The van der Waals surface area contributed by atoms with E-state index < -0.39 is 5.60 Å². The Balaban J connectivity index is 1.81. The summed E-state index contributed by atoms with van der Waals surface area (Å²) in [6.45, 7) is 0.767. The van der Waals surface area contributed by atoms with E-state index in [1.807, 2.05) is 36.4 Å². The van der Waals surface area contributed by atoms with Gasteiger partial charge in [-0.2, -0.15) is 0 Å². The minimum Gasteiger partial charge on any atom is -0.481 e. The third-order valence-corrected chi connectivity index (χ3v) is 7.46. The number of fused-ring (bicyclic) bond motifs is 2. The zero-order valence-electron chi connectivity index (χ0n) is 19.7. The molecule has 1 N–H and O–H groups in total. The third-order valence-electron chi connectivity index (χ3n) is 6.97. The Labute approximate surface area is 209 Å². The fourth-order valence-electron chi connectivity index (χ4n) is 5.60. The van der Waals surface area contributed by atoms with Gasteiger partial charge in [0.25, 0.3) is 0 Å². The van der Waals surface area contributed by atoms with Crippen LogP contribution < -0.4 is 4.74 Å². The zero-order valence-corrected chi connectivity index (χ0v) is 21.3. The molecule has 1 aliphatic rings. The van der Waals surface area contributed by atoms with Gasteiger partial charge in [-0.15, -0.1) is 0 Å². The third kappa shape index (κ3) is 3.92. The second-order valence-corrected chi connectivity index (χ2v) is 10.3. The van der Waals surface area contributed by atoms with Crippen LogP contribution in [0.3, 0.4) is 0 Å². The molecule has 174 valence electrons. The van der Waals surface area contributed by atoms with Crippen LogP contribution in [-0.2, 0) is 12.0 Å². The van der Waals surface area contributed by atoms with E-state index >= 15 is 0 Å². The minimum absolute atomic E-state index is 0.00742. The van der Waals surface area contributed by atoms with E-state index in [4.69, 9.17) is 9.72 Å². The molecule has 4 nitrogen and oxygen atoms in total. The molecule has 5 heteroatoms. The maximum Gasteiger partial charge on any atom is 0.217 e. The van der Waals surface area contributed by atoms with E-state index in [2.05, 4.69) is 77.4 Å². The SMILES string of the molecule is COc1nc2ccc(Br)cc2cc1[C@@H](c1ccccc1)[C@@]1(O)c2ccccc2C[C@@H]1CN(C)C. The summed E-state index contributed by atoms with van der Waals surface area (Å²) in [5, 5.41) is 13.9. The van der Waals surface area contributed by atoms with Crippen LogP contribution in [0.4, 0.5) is 0 Å². The Morgan fingerprint density at radius 1 is 1.06 bits per heavy atom. The molecule has 0 radical (unpaired) electrons. The molecule has 0 bridgehead atoms. The lowest BCUT2D eigenvalue weighted by Crippen LogP contribution is -2.43. The second-order valence-electron chi connectivity index (χ2n) is 9.41. The average molecular weight is 517 g/mol. The molecule has 0 amide bonds. The van der Waals surface area contributed by atoms with Gasteiger partial charge in [-0.05, 0) is 61.5 Å². The number of methoxy groups -OCH3 is 1. The zero-order chi connectivity index (χ0) is 23.9. The van der Waals surface area contributed by atoms with Crippen molar-refractivity contribution < 1.29 is 9.84 Å². The first-order valence-corrected chi connectivity index (χ1v) is 12.4. The lowest BCUT2D eigenvalue weighted by atomic mass is 9.70. The number of pyridine rings is 1. The smallest absolute Gasteiger partial charge is 0.217 e. The summed E-state index contributed by atoms with van der Waals surface area (Å²) in [5.41, 5.74) is 3.86. The standard InChI is InChI=1S/C29H29BrN2O2/c1-32(2)18-22-15-20-11-7-8-12-25(20)29(22,33)27(19-9-5-4-6-10-19)24-17-21-16-23(30)13-14-26(21)31-28(24)34-3/h4-14,16-17,22,27,33H,15,18H2,1-3H3/t22-,27-,29+/m1/s1. The fourth-order valence-corrected chi connectivity index (χ4v) is 5.98. The maximum atomic E-state index is 12.8. The van der Waals surface area contributed by atoms with Gasteiger partial charge in [-0.25, -0.2) is 4.98 Å². The normalized spacial score (nSPS) is 20.5. The molecule has 1 heterocycles. The first kappa shape index (κ1) is 23.0. The van der Waals surface area contributed by atoms with E-state index in [9.17, 15) is 5.11 Å². The molecule has 4 aromatic rings. The van der Waals surface area contributed by atoms with Gasteiger partial charge in [0.05, 0.1) is 12.6 Å². The predicted molar refractivity (Wildman–Crippen MR) is 140 cm³/mol. The average Bonchev–Trinajstić information content (AvgIpc) is 3.11. The molecule has 0 fully saturated rings. The number of halogens is 1. The van der Waals surface area contributed by atoms with Crippen molar-refractivity contribution in [3.8, 4) is 5.88 Å². The van der Waals surface area contributed by atoms with Crippen molar-refractivity contribution in [2.24, 2.45) is 5.92 Å². The second kappa shape index (κ2) is 9.14. The molecule has 5 rings (SSSR count). The Morgan fingerprint density at radius 3 is 2.53 bits per heavy atom. The highest BCUT2D eigenvalue weighted by Gasteiger charge is 2.52. The quantitative estimate of drug-likeness (QED) is 0.353. The highest BCUT2D eigenvalue weighted by atomic mass is 79.9. The van der Waals surface area contributed by atoms with Crippen LogP contribution in [0.5, 0.6) is 5.88 Å². The Hall–Kier alpha value is -2.73. The van der Waals surface area contributed by atoms with Gasteiger partial charge in [-0.3, -0.25) is 0 Å². The van der Waals surface area contributed by atoms with Crippen molar-refractivity contribution in [3.63, 3.8) is 0 Å². The molecule has 3 aromatic carbocycles. The predicted octanol–water partition coefficient (Wildman–Crippen LogP) is 5.76.